The number of ether oxygens (including phenoxy) is 2. The summed E-state index contributed by atoms with van der Waals surface area (Å²) in [5.41, 5.74) is 0.333. The molecule has 0 unspecified atom stereocenters. The van der Waals surface area contributed by atoms with Crippen LogP contribution in [0.3, 0.4) is 0 Å². The normalized spacial score (nSPS) is 19.1. The van der Waals surface area contributed by atoms with Crippen molar-refractivity contribution >= 4 is 21.9 Å². The Morgan fingerprint density at radius 2 is 1.80 bits per heavy atom. The summed E-state index contributed by atoms with van der Waals surface area (Å²) >= 11 is 3.13. The van der Waals surface area contributed by atoms with E-state index in [0.717, 1.165) is 38.5 Å². The van der Waals surface area contributed by atoms with Crippen LogP contribution in [0.1, 0.15) is 48.9 Å². The van der Waals surface area contributed by atoms with Crippen LogP contribution >= 0.6 is 15.9 Å². The van der Waals surface area contributed by atoms with E-state index >= 15 is 0 Å². The van der Waals surface area contributed by atoms with Gasteiger partial charge in [-0.05, 0) is 66.6 Å². The zero-order valence-corrected chi connectivity index (χ0v) is 12.6. The lowest BCUT2D eigenvalue weighted by atomic mass is 9.96. The molecule has 0 aromatic heterocycles. The van der Waals surface area contributed by atoms with Gasteiger partial charge in [0, 0.05) is 0 Å². The number of carbonyl (C=O) groups is 1. The van der Waals surface area contributed by atoms with Crippen LogP contribution in [0.4, 0.5) is 4.39 Å². The molecule has 0 amide bonds. The molecule has 2 aliphatic carbocycles. The largest absolute Gasteiger partial charge is 0.487 e. The van der Waals surface area contributed by atoms with Gasteiger partial charge in [0.25, 0.3) is 0 Å². The molecule has 3 nitrogen and oxygen atoms in total. The van der Waals surface area contributed by atoms with E-state index in [4.69, 9.17) is 9.47 Å². The van der Waals surface area contributed by atoms with Crippen LogP contribution in [-0.2, 0) is 4.74 Å². The maximum absolute atomic E-state index is 14.0. The lowest BCUT2D eigenvalue weighted by Gasteiger charge is -2.27. The van der Waals surface area contributed by atoms with E-state index < -0.39 is 11.8 Å². The third-order valence-corrected chi connectivity index (χ3v) is 4.48. The Morgan fingerprint density at radius 3 is 2.35 bits per heavy atom. The van der Waals surface area contributed by atoms with Gasteiger partial charge in [0.1, 0.15) is 6.10 Å². The molecule has 0 radical (unpaired) electrons. The number of carbonyl (C=O) groups excluding carboxylic acids is 1. The fourth-order valence-electron chi connectivity index (χ4n) is 2.14. The fraction of sp³-hybridized carbons (Fsp3) is 0.533. The second kappa shape index (κ2) is 5.72. The summed E-state index contributed by atoms with van der Waals surface area (Å²) in [4.78, 5) is 12.0. The van der Waals surface area contributed by atoms with Crippen LogP contribution in [-0.4, -0.2) is 18.2 Å². The summed E-state index contributed by atoms with van der Waals surface area (Å²) in [7, 11) is 0. The van der Waals surface area contributed by atoms with Crippen molar-refractivity contribution in [3.63, 3.8) is 0 Å². The second-order valence-corrected chi connectivity index (χ2v) is 6.25. The molecule has 2 saturated carbocycles. The van der Waals surface area contributed by atoms with E-state index in [1.807, 2.05) is 0 Å². The van der Waals surface area contributed by atoms with Gasteiger partial charge in [-0.25, -0.2) is 9.18 Å². The van der Waals surface area contributed by atoms with Gasteiger partial charge in [-0.15, -0.1) is 0 Å². The predicted molar refractivity (Wildman–Crippen MR) is 75.4 cm³/mol. The van der Waals surface area contributed by atoms with Crippen molar-refractivity contribution < 1.29 is 18.7 Å². The Kier molecular flexibility index (Phi) is 3.96. The van der Waals surface area contributed by atoms with Crippen molar-refractivity contribution in [3.05, 3.63) is 28.0 Å². The average molecular weight is 343 g/mol. The first kappa shape index (κ1) is 13.9. The first-order chi connectivity index (χ1) is 9.63. The van der Waals surface area contributed by atoms with Crippen LogP contribution in [0, 0.1) is 5.82 Å². The number of halogens is 2. The average Bonchev–Trinajstić information content (AvgIpc) is 2.32. The molecule has 0 aliphatic heterocycles. The monoisotopic (exact) mass is 342 g/mol. The molecule has 2 aliphatic rings. The fourth-order valence-corrected chi connectivity index (χ4v) is 2.59. The lowest BCUT2D eigenvalue weighted by molar-refractivity contribution is 0.00889. The van der Waals surface area contributed by atoms with Crippen LogP contribution in [0.15, 0.2) is 16.6 Å². The Balaban J connectivity index is 1.77. The molecular formula is C15H16BrFO3. The van der Waals surface area contributed by atoms with Crippen molar-refractivity contribution in [3.8, 4) is 5.75 Å². The molecule has 1 aromatic carbocycles. The minimum absolute atomic E-state index is 0.0160. The molecular weight excluding hydrogens is 327 g/mol. The molecule has 108 valence electrons. The Hall–Kier alpha value is -1.10. The SMILES string of the molecule is O=C(OC1CCC1)c1cc(Br)c(F)c(OC2CCC2)c1. The smallest absolute Gasteiger partial charge is 0.338 e. The molecule has 0 bridgehead atoms. The number of hydrogen-bond donors (Lipinski definition) is 0. The van der Waals surface area contributed by atoms with Gasteiger partial charge in [0.05, 0.1) is 16.1 Å². The number of hydrogen-bond acceptors (Lipinski definition) is 3. The van der Waals surface area contributed by atoms with Gasteiger partial charge >= 0.3 is 5.97 Å². The zero-order valence-electron chi connectivity index (χ0n) is 11.0. The molecule has 0 saturated heterocycles. The van der Waals surface area contributed by atoms with Gasteiger partial charge in [0.2, 0.25) is 0 Å². The van der Waals surface area contributed by atoms with Crippen LogP contribution in [0.25, 0.3) is 0 Å². The third kappa shape index (κ3) is 2.82. The molecule has 0 N–H and O–H groups in total. The number of esters is 1. The molecule has 1 aromatic rings. The summed E-state index contributed by atoms with van der Waals surface area (Å²) in [6.45, 7) is 0. The van der Waals surface area contributed by atoms with Crippen LogP contribution in [0.5, 0.6) is 5.75 Å². The first-order valence-corrected chi connectivity index (χ1v) is 7.79. The van der Waals surface area contributed by atoms with Gasteiger partial charge < -0.3 is 9.47 Å². The Bertz CT molecular complexity index is 524. The van der Waals surface area contributed by atoms with E-state index in [1.54, 1.807) is 0 Å². The van der Waals surface area contributed by atoms with Crippen molar-refractivity contribution in [2.45, 2.75) is 50.7 Å². The van der Waals surface area contributed by atoms with Gasteiger partial charge in [-0.1, -0.05) is 0 Å². The summed E-state index contributed by atoms with van der Waals surface area (Å²) in [6, 6.07) is 2.89. The molecule has 0 heterocycles. The van der Waals surface area contributed by atoms with Gasteiger partial charge in [0.15, 0.2) is 11.6 Å². The molecule has 3 rings (SSSR count). The van der Waals surface area contributed by atoms with Crippen molar-refractivity contribution in [2.24, 2.45) is 0 Å². The number of rotatable bonds is 4. The zero-order chi connectivity index (χ0) is 14.1. The van der Waals surface area contributed by atoms with Crippen LogP contribution in [0.2, 0.25) is 0 Å². The molecule has 2 fully saturated rings. The van der Waals surface area contributed by atoms with E-state index in [-0.39, 0.29) is 22.4 Å². The maximum Gasteiger partial charge on any atom is 0.338 e. The van der Waals surface area contributed by atoms with E-state index in [0.29, 0.717) is 5.56 Å². The Morgan fingerprint density at radius 1 is 1.15 bits per heavy atom. The standard InChI is InChI=1S/C15H16BrFO3/c16-12-7-9(15(18)20-11-5-2-6-11)8-13(14(12)17)19-10-3-1-4-10/h7-8,10-11H,1-6H2. The molecule has 5 heteroatoms. The quantitative estimate of drug-likeness (QED) is 0.768. The Labute approximate surface area is 125 Å². The second-order valence-electron chi connectivity index (χ2n) is 5.40. The third-order valence-electron chi connectivity index (χ3n) is 3.90. The van der Waals surface area contributed by atoms with Crippen LogP contribution < -0.4 is 4.74 Å². The summed E-state index contributed by atoms with van der Waals surface area (Å²) in [5, 5.41) is 0. The van der Waals surface area contributed by atoms with Crippen molar-refractivity contribution in [1.29, 1.82) is 0 Å². The number of benzene rings is 1. The minimum Gasteiger partial charge on any atom is -0.487 e. The molecule has 0 atom stereocenters. The van der Waals surface area contributed by atoms with E-state index in [2.05, 4.69) is 15.9 Å². The van der Waals surface area contributed by atoms with E-state index in [1.165, 1.54) is 12.1 Å². The highest BCUT2D eigenvalue weighted by Crippen LogP contribution is 2.32. The van der Waals surface area contributed by atoms with Crippen molar-refractivity contribution in [1.82, 2.24) is 0 Å². The highest BCUT2D eigenvalue weighted by atomic mass is 79.9. The van der Waals surface area contributed by atoms with Gasteiger partial charge in [-0.3, -0.25) is 0 Å². The topological polar surface area (TPSA) is 35.5 Å². The van der Waals surface area contributed by atoms with E-state index in [9.17, 15) is 9.18 Å². The summed E-state index contributed by atoms with van der Waals surface area (Å²) < 4.78 is 25.1. The van der Waals surface area contributed by atoms with Crippen molar-refractivity contribution in [2.75, 3.05) is 0 Å². The first-order valence-electron chi connectivity index (χ1n) is 7.00. The van der Waals surface area contributed by atoms with Gasteiger partial charge in [-0.2, -0.15) is 0 Å². The maximum atomic E-state index is 14.0. The minimum atomic E-state index is -0.461. The summed E-state index contributed by atoms with van der Waals surface area (Å²) in [6.07, 6.45) is 6.00. The lowest BCUT2D eigenvalue weighted by Crippen LogP contribution is -2.26. The predicted octanol–water partition coefficient (Wildman–Crippen LogP) is 4.23. The molecule has 0 spiro atoms. The highest BCUT2D eigenvalue weighted by molar-refractivity contribution is 9.10. The molecule has 20 heavy (non-hydrogen) atoms. The summed E-state index contributed by atoms with van der Waals surface area (Å²) in [5.74, 6) is -0.740. The highest BCUT2D eigenvalue weighted by Gasteiger charge is 2.25.